The van der Waals surface area contributed by atoms with Gasteiger partial charge in [-0.05, 0) is 30.7 Å². The largest absolute Gasteiger partial charge is 0.440 e. The van der Waals surface area contributed by atoms with Crippen LogP contribution in [0.15, 0.2) is 27.1 Å². The van der Waals surface area contributed by atoms with Crippen LogP contribution in [0.25, 0.3) is 0 Å². The minimum Gasteiger partial charge on any atom is -0.440 e. The van der Waals surface area contributed by atoms with E-state index in [1.807, 2.05) is 13.0 Å². The van der Waals surface area contributed by atoms with E-state index in [2.05, 4.69) is 10.1 Å². The number of furan rings is 1. The lowest BCUT2D eigenvalue weighted by Crippen LogP contribution is -2.48. The number of nitrogens with zero attached hydrogens (tertiary/aromatic N) is 3. The van der Waals surface area contributed by atoms with Crippen LogP contribution in [0.3, 0.4) is 0 Å². The lowest BCUT2D eigenvalue weighted by Gasteiger charge is -2.33. The van der Waals surface area contributed by atoms with E-state index in [-0.39, 0.29) is 11.1 Å². The van der Waals surface area contributed by atoms with Crippen molar-refractivity contribution in [2.24, 2.45) is 0 Å². The van der Waals surface area contributed by atoms with Gasteiger partial charge in [-0.1, -0.05) is 5.16 Å². The smallest absolute Gasteiger partial charge is 0.289 e. The quantitative estimate of drug-likeness (QED) is 0.869. The molecule has 2 aromatic rings. The summed E-state index contributed by atoms with van der Waals surface area (Å²) in [4.78, 5) is 16.2. The van der Waals surface area contributed by atoms with Crippen LogP contribution < -0.4 is 0 Å². The highest BCUT2D eigenvalue weighted by Gasteiger charge is 2.24. The minimum absolute atomic E-state index is 0.112. The zero-order valence-electron chi connectivity index (χ0n) is 11.7. The fourth-order valence-electron chi connectivity index (χ4n) is 2.42. The molecule has 0 radical (unpaired) electrons. The summed E-state index contributed by atoms with van der Waals surface area (Å²) in [6.45, 7) is 5.54. The highest BCUT2D eigenvalue weighted by Crippen LogP contribution is 2.16. The molecule has 3 heterocycles. The van der Waals surface area contributed by atoms with E-state index in [1.165, 1.54) is 0 Å². The summed E-state index contributed by atoms with van der Waals surface area (Å²) in [6.07, 6.45) is 0. The Balaban J connectivity index is 1.54. The van der Waals surface area contributed by atoms with Crippen molar-refractivity contribution < 1.29 is 13.7 Å². The standard InChI is InChI=1S/C14H16ClN3O3/c1-10-8-11(16-21-10)9-17-4-6-18(7-5-17)14(19)12-2-3-13(15)20-12/h2-3,8H,4-7,9H2,1H3. The Bertz CT molecular complexity index is 629. The van der Waals surface area contributed by atoms with Gasteiger partial charge in [0.2, 0.25) is 0 Å². The molecule has 6 nitrogen and oxygen atoms in total. The zero-order valence-corrected chi connectivity index (χ0v) is 12.5. The Kier molecular flexibility index (Phi) is 3.98. The molecule has 3 rings (SSSR count). The fraction of sp³-hybridized carbons (Fsp3) is 0.429. The summed E-state index contributed by atoms with van der Waals surface area (Å²) < 4.78 is 10.2. The number of aryl methyl sites for hydroxylation is 1. The molecule has 1 fully saturated rings. The van der Waals surface area contributed by atoms with Gasteiger partial charge in [0, 0.05) is 38.8 Å². The average molecular weight is 310 g/mol. The Morgan fingerprint density at radius 1 is 1.33 bits per heavy atom. The second-order valence-electron chi connectivity index (χ2n) is 5.10. The molecular weight excluding hydrogens is 294 g/mol. The Morgan fingerprint density at radius 2 is 2.10 bits per heavy atom. The first-order valence-corrected chi connectivity index (χ1v) is 7.19. The summed E-state index contributed by atoms with van der Waals surface area (Å²) in [7, 11) is 0. The van der Waals surface area contributed by atoms with Crippen molar-refractivity contribution in [1.82, 2.24) is 15.0 Å². The lowest BCUT2D eigenvalue weighted by atomic mass is 10.2. The monoisotopic (exact) mass is 309 g/mol. The normalized spacial score (nSPS) is 16.4. The molecule has 0 saturated carbocycles. The van der Waals surface area contributed by atoms with Crippen LogP contribution in [0.1, 0.15) is 22.0 Å². The van der Waals surface area contributed by atoms with Crippen molar-refractivity contribution in [3.8, 4) is 0 Å². The van der Waals surface area contributed by atoms with E-state index in [1.54, 1.807) is 17.0 Å². The number of amides is 1. The van der Waals surface area contributed by atoms with E-state index < -0.39 is 0 Å². The maximum Gasteiger partial charge on any atom is 0.289 e. The maximum absolute atomic E-state index is 12.2. The van der Waals surface area contributed by atoms with Gasteiger partial charge in [0.05, 0.1) is 5.69 Å². The van der Waals surface area contributed by atoms with Gasteiger partial charge in [-0.25, -0.2) is 0 Å². The first-order chi connectivity index (χ1) is 10.1. The van der Waals surface area contributed by atoms with Gasteiger partial charge in [-0.3, -0.25) is 9.69 Å². The van der Waals surface area contributed by atoms with Crippen LogP contribution in [-0.2, 0) is 6.54 Å². The molecule has 0 spiro atoms. The molecule has 1 saturated heterocycles. The van der Waals surface area contributed by atoms with Gasteiger partial charge in [0.15, 0.2) is 11.0 Å². The first kappa shape index (κ1) is 14.2. The topological polar surface area (TPSA) is 62.7 Å². The number of halogens is 1. The Labute approximate surface area is 127 Å². The lowest BCUT2D eigenvalue weighted by molar-refractivity contribution is 0.0595. The van der Waals surface area contributed by atoms with Crippen molar-refractivity contribution in [3.05, 3.63) is 40.6 Å². The van der Waals surface area contributed by atoms with Crippen molar-refractivity contribution in [2.45, 2.75) is 13.5 Å². The van der Waals surface area contributed by atoms with Gasteiger partial charge in [-0.2, -0.15) is 0 Å². The minimum atomic E-state index is -0.112. The number of hydrogen-bond donors (Lipinski definition) is 0. The third kappa shape index (κ3) is 3.28. The van der Waals surface area contributed by atoms with E-state index in [0.29, 0.717) is 18.8 Å². The van der Waals surface area contributed by atoms with Crippen molar-refractivity contribution in [1.29, 1.82) is 0 Å². The number of carbonyl (C=O) groups excluding carboxylic acids is 1. The number of aromatic nitrogens is 1. The SMILES string of the molecule is Cc1cc(CN2CCN(C(=O)c3ccc(Cl)o3)CC2)no1. The molecule has 0 aliphatic carbocycles. The highest BCUT2D eigenvalue weighted by atomic mass is 35.5. The number of piperazine rings is 1. The van der Waals surface area contributed by atoms with Gasteiger partial charge < -0.3 is 13.8 Å². The third-order valence-electron chi connectivity index (χ3n) is 3.51. The number of carbonyl (C=O) groups is 1. The Morgan fingerprint density at radius 3 is 2.67 bits per heavy atom. The average Bonchev–Trinajstić information content (AvgIpc) is 3.08. The zero-order chi connectivity index (χ0) is 14.8. The summed E-state index contributed by atoms with van der Waals surface area (Å²) >= 11 is 5.70. The molecule has 21 heavy (non-hydrogen) atoms. The van der Waals surface area contributed by atoms with Gasteiger partial charge in [-0.15, -0.1) is 0 Å². The van der Waals surface area contributed by atoms with Crippen LogP contribution >= 0.6 is 11.6 Å². The molecule has 2 aromatic heterocycles. The molecule has 0 N–H and O–H groups in total. The predicted octanol–water partition coefficient (Wildman–Crippen LogP) is 2.19. The van der Waals surface area contributed by atoms with E-state index >= 15 is 0 Å². The molecule has 0 unspecified atom stereocenters. The van der Waals surface area contributed by atoms with Gasteiger partial charge in [0.1, 0.15) is 5.76 Å². The van der Waals surface area contributed by atoms with Crippen LogP contribution in [0.5, 0.6) is 0 Å². The van der Waals surface area contributed by atoms with E-state index in [4.69, 9.17) is 20.5 Å². The van der Waals surface area contributed by atoms with Gasteiger partial charge >= 0.3 is 0 Å². The second kappa shape index (κ2) is 5.91. The molecule has 112 valence electrons. The van der Waals surface area contributed by atoms with Crippen LogP contribution in [0, 0.1) is 6.92 Å². The van der Waals surface area contributed by atoms with E-state index in [0.717, 1.165) is 31.1 Å². The van der Waals surface area contributed by atoms with Crippen LogP contribution in [0.4, 0.5) is 0 Å². The van der Waals surface area contributed by atoms with Crippen molar-refractivity contribution >= 4 is 17.5 Å². The number of hydrogen-bond acceptors (Lipinski definition) is 5. The fourth-order valence-corrected chi connectivity index (χ4v) is 2.56. The van der Waals surface area contributed by atoms with Crippen LogP contribution in [-0.4, -0.2) is 47.0 Å². The molecule has 0 aromatic carbocycles. The number of rotatable bonds is 3. The summed E-state index contributed by atoms with van der Waals surface area (Å²) in [6, 6.07) is 5.12. The predicted molar refractivity (Wildman–Crippen MR) is 76.1 cm³/mol. The summed E-state index contributed by atoms with van der Waals surface area (Å²) in [5, 5.41) is 4.22. The Hall–Kier alpha value is -1.79. The first-order valence-electron chi connectivity index (χ1n) is 6.81. The molecule has 1 aliphatic rings. The van der Waals surface area contributed by atoms with Crippen molar-refractivity contribution in [3.63, 3.8) is 0 Å². The van der Waals surface area contributed by atoms with Crippen LogP contribution in [0.2, 0.25) is 5.22 Å². The molecule has 0 atom stereocenters. The summed E-state index contributed by atoms with van der Waals surface area (Å²) in [5.74, 6) is 0.993. The van der Waals surface area contributed by atoms with Gasteiger partial charge in [0.25, 0.3) is 5.91 Å². The maximum atomic E-state index is 12.2. The molecule has 1 amide bonds. The molecule has 1 aliphatic heterocycles. The third-order valence-corrected chi connectivity index (χ3v) is 3.71. The second-order valence-corrected chi connectivity index (χ2v) is 5.47. The molecular formula is C14H16ClN3O3. The molecule has 0 bridgehead atoms. The highest BCUT2D eigenvalue weighted by molar-refractivity contribution is 6.29. The molecule has 7 heteroatoms. The summed E-state index contributed by atoms with van der Waals surface area (Å²) in [5.41, 5.74) is 0.921. The van der Waals surface area contributed by atoms with Crippen molar-refractivity contribution in [2.75, 3.05) is 26.2 Å². The van der Waals surface area contributed by atoms with E-state index in [9.17, 15) is 4.79 Å².